The lowest BCUT2D eigenvalue weighted by atomic mass is 9.89. The summed E-state index contributed by atoms with van der Waals surface area (Å²) in [6.45, 7) is 5.07. The second-order valence-electron chi connectivity index (χ2n) is 4.38. The molecule has 0 spiro atoms. The van der Waals surface area contributed by atoms with E-state index in [1.165, 1.54) is 13.0 Å². The van der Waals surface area contributed by atoms with Gasteiger partial charge in [0, 0.05) is 12.0 Å². The predicted octanol–water partition coefficient (Wildman–Crippen LogP) is 2.54. The third-order valence-electron chi connectivity index (χ3n) is 2.70. The average molecular weight is 223 g/mol. The molecule has 88 valence electrons. The highest BCUT2D eigenvalue weighted by molar-refractivity contribution is 5.83. The van der Waals surface area contributed by atoms with Crippen molar-refractivity contribution in [2.45, 2.75) is 39.2 Å². The zero-order valence-corrected chi connectivity index (χ0v) is 9.96. The molecule has 2 N–H and O–H groups in total. The van der Waals surface area contributed by atoms with E-state index >= 15 is 0 Å². The number of rotatable bonds is 4. The van der Waals surface area contributed by atoms with Crippen molar-refractivity contribution in [3.8, 4) is 0 Å². The molecular formula is C13H18FNO. The summed E-state index contributed by atoms with van der Waals surface area (Å²) < 4.78 is 13.4. The van der Waals surface area contributed by atoms with Gasteiger partial charge in [-0.15, -0.1) is 0 Å². The summed E-state index contributed by atoms with van der Waals surface area (Å²) in [5.41, 5.74) is 7.00. The number of aryl methyl sites for hydroxylation is 1. The van der Waals surface area contributed by atoms with E-state index in [-0.39, 0.29) is 23.6 Å². The van der Waals surface area contributed by atoms with Crippen molar-refractivity contribution in [2.24, 2.45) is 5.73 Å². The first-order valence-corrected chi connectivity index (χ1v) is 5.44. The Hall–Kier alpha value is -1.22. The third-order valence-corrected chi connectivity index (χ3v) is 2.70. The van der Waals surface area contributed by atoms with Crippen LogP contribution in [-0.2, 0) is 4.79 Å². The zero-order valence-electron chi connectivity index (χ0n) is 9.96. The molecule has 0 heterocycles. The van der Waals surface area contributed by atoms with E-state index in [2.05, 4.69) is 0 Å². The van der Waals surface area contributed by atoms with Gasteiger partial charge in [0.05, 0.1) is 0 Å². The molecule has 2 nitrogen and oxygen atoms in total. The van der Waals surface area contributed by atoms with Crippen LogP contribution in [0.2, 0.25) is 0 Å². The van der Waals surface area contributed by atoms with Gasteiger partial charge in [0.25, 0.3) is 0 Å². The van der Waals surface area contributed by atoms with Crippen LogP contribution < -0.4 is 5.73 Å². The largest absolute Gasteiger partial charge is 0.328 e. The van der Waals surface area contributed by atoms with Crippen LogP contribution in [0.3, 0.4) is 0 Å². The van der Waals surface area contributed by atoms with Gasteiger partial charge in [0.2, 0.25) is 0 Å². The van der Waals surface area contributed by atoms with Crippen molar-refractivity contribution in [2.75, 3.05) is 0 Å². The molecule has 0 fully saturated rings. The van der Waals surface area contributed by atoms with Crippen LogP contribution in [0, 0.1) is 12.7 Å². The molecule has 0 saturated carbocycles. The molecular weight excluding hydrogens is 205 g/mol. The van der Waals surface area contributed by atoms with Gasteiger partial charge in [0.1, 0.15) is 11.6 Å². The summed E-state index contributed by atoms with van der Waals surface area (Å²) >= 11 is 0. The molecule has 3 heteroatoms. The number of carbonyl (C=O) groups excluding carboxylic acids is 1. The Labute approximate surface area is 95.7 Å². The van der Waals surface area contributed by atoms with Gasteiger partial charge in [-0.3, -0.25) is 4.79 Å². The van der Waals surface area contributed by atoms with Crippen LogP contribution in [-0.4, -0.2) is 11.8 Å². The monoisotopic (exact) mass is 223 g/mol. The standard InChI is InChI=1S/C13H18FNO/c1-8-4-5-11(7-13(8)14)12(10(3)16)6-9(2)15/h4-5,7,9,12H,6,15H2,1-3H3. The molecule has 0 radical (unpaired) electrons. The maximum absolute atomic E-state index is 13.4. The number of hydrogen-bond acceptors (Lipinski definition) is 2. The zero-order chi connectivity index (χ0) is 12.3. The Morgan fingerprint density at radius 1 is 1.50 bits per heavy atom. The second kappa shape index (κ2) is 5.21. The number of carbonyl (C=O) groups is 1. The fourth-order valence-corrected chi connectivity index (χ4v) is 1.73. The van der Waals surface area contributed by atoms with Gasteiger partial charge in [-0.05, 0) is 44.4 Å². The Kier molecular flexibility index (Phi) is 4.19. The van der Waals surface area contributed by atoms with Crippen LogP contribution >= 0.6 is 0 Å². The van der Waals surface area contributed by atoms with Crippen molar-refractivity contribution >= 4 is 5.78 Å². The van der Waals surface area contributed by atoms with Gasteiger partial charge >= 0.3 is 0 Å². The Bertz CT molecular complexity index is 388. The van der Waals surface area contributed by atoms with E-state index in [1.807, 2.05) is 6.92 Å². The lowest BCUT2D eigenvalue weighted by Crippen LogP contribution is -2.22. The van der Waals surface area contributed by atoms with Crippen LogP contribution in [0.25, 0.3) is 0 Å². The molecule has 0 aliphatic heterocycles. The molecule has 0 aliphatic carbocycles. The highest BCUT2D eigenvalue weighted by atomic mass is 19.1. The van der Waals surface area contributed by atoms with Gasteiger partial charge in [-0.2, -0.15) is 0 Å². The topological polar surface area (TPSA) is 43.1 Å². The molecule has 0 aromatic heterocycles. The van der Waals surface area contributed by atoms with Gasteiger partial charge in [-0.1, -0.05) is 12.1 Å². The van der Waals surface area contributed by atoms with Crippen molar-refractivity contribution < 1.29 is 9.18 Å². The quantitative estimate of drug-likeness (QED) is 0.852. The lowest BCUT2D eigenvalue weighted by Gasteiger charge is -2.17. The molecule has 2 unspecified atom stereocenters. The van der Waals surface area contributed by atoms with Crippen LogP contribution in [0.4, 0.5) is 4.39 Å². The predicted molar refractivity (Wildman–Crippen MR) is 62.8 cm³/mol. The number of benzene rings is 1. The molecule has 0 amide bonds. The first-order chi connectivity index (χ1) is 7.41. The summed E-state index contributed by atoms with van der Waals surface area (Å²) in [4.78, 5) is 11.5. The molecule has 2 atom stereocenters. The summed E-state index contributed by atoms with van der Waals surface area (Å²) in [6, 6.07) is 4.86. The summed E-state index contributed by atoms with van der Waals surface area (Å²) in [7, 11) is 0. The maximum Gasteiger partial charge on any atom is 0.137 e. The van der Waals surface area contributed by atoms with Crippen LogP contribution in [0.5, 0.6) is 0 Å². The lowest BCUT2D eigenvalue weighted by molar-refractivity contribution is -0.118. The molecule has 1 rings (SSSR count). The van der Waals surface area contributed by atoms with Crippen molar-refractivity contribution in [3.05, 3.63) is 35.1 Å². The highest BCUT2D eigenvalue weighted by Crippen LogP contribution is 2.23. The van der Waals surface area contributed by atoms with Crippen molar-refractivity contribution in [3.63, 3.8) is 0 Å². The fourth-order valence-electron chi connectivity index (χ4n) is 1.73. The van der Waals surface area contributed by atoms with E-state index < -0.39 is 0 Å². The van der Waals surface area contributed by atoms with E-state index in [0.29, 0.717) is 17.5 Å². The minimum absolute atomic E-state index is 0.0283. The van der Waals surface area contributed by atoms with Crippen LogP contribution in [0.1, 0.15) is 37.3 Å². The molecule has 0 bridgehead atoms. The van der Waals surface area contributed by atoms with E-state index in [0.717, 1.165) is 0 Å². The highest BCUT2D eigenvalue weighted by Gasteiger charge is 2.19. The molecule has 1 aromatic carbocycles. The van der Waals surface area contributed by atoms with E-state index in [9.17, 15) is 9.18 Å². The molecule has 1 aromatic rings. The Morgan fingerprint density at radius 2 is 2.12 bits per heavy atom. The Morgan fingerprint density at radius 3 is 2.56 bits per heavy atom. The van der Waals surface area contributed by atoms with E-state index in [4.69, 9.17) is 5.73 Å². The maximum atomic E-state index is 13.4. The first kappa shape index (κ1) is 12.8. The summed E-state index contributed by atoms with van der Waals surface area (Å²) in [5.74, 6) is -0.538. The minimum atomic E-state index is -0.296. The minimum Gasteiger partial charge on any atom is -0.328 e. The summed E-state index contributed by atoms with van der Waals surface area (Å²) in [6.07, 6.45) is 0.553. The van der Waals surface area contributed by atoms with Crippen molar-refractivity contribution in [1.29, 1.82) is 0 Å². The number of ketones is 1. The normalized spacial score (nSPS) is 14.6. The number of nitrogens with two attached hydrogens (primary N) is 1. The number of hydrogen-bond donors (Lipinski definition) is 1. The number of Topliss-reactive ketones (excluding diaryl/α,β-unsaturated/α-hetero) is 1. The Balaban J connectivity index is 3.01. The van der Waals surface area contributed by atoms with E-state index in [1.54, 1.807) is 19.1 Å². The van der Waals surface area contributed by atoms with Gasteiger partial charge < -0.3 is 5.73 Å². The average Bonchev–Trinajstić information content (AvgIpc) is 2.18. The smallest absolute Gasteiger partial charge is 0.137 e. The fraction of sp³-hybridized carbons (Fsp3) is 0.462. The molecule has 16 heavy (non-hydrogen) atoms. The first-order valence-electron chi connectivity index (χ1n) is 5.44. The second-order valence-corrected chi connectivity index (χ2v) is 4.38. The third kappa shape index (κ3) is 3.14. The van der Waals surface area contributed by atoms with Gasteiger partial charge in [0.15, 0.2) is 0 Å². The molecule has 0 saturated heterocycles. The molecule has 0 aliphatic rings. The van der Waals surface area contributed by atoms with Gasteiger partial charge in [-0.25, -0.2) is 4.39 Å². The van der Waals surface area contributed by atoms with Crippen molar-refractivity contribution in [1.82, 2.24) is 0 Å². The van der Waals surface area contributed by atoms with Crippen LogP contribution in [0.15, 0.2) is 18.2 Å². The summed E-state index contributed by atoms with van der Waals surface area (Å²) in [5, 5.41) is 0. The number of halogens is 1. The SMILES string of the molecule is CC(=O)C(CC(C)N)c1ccc(C)c(F)c1.